The first-order chi connectivity index (χ1) is 6.20. The van der Waals surface area contributed by atoms with Crippen LogP contribution in [-0.2, 0) is 0 Å². The molecule has 0 bridgehead atoms. The Bertz CT molecular complexity index is 289. The SMILES string of the molecule is N#CN=C(N)CCN=C(N)NC#N. The summed E-state index contributed by atoms with van der Waals surface area (Å²) in [4.78, 5) is 7.00. The molecule has 7 nitrogen and oxygen atoms in total. The zero-order valence-corrected chi connectivity index (χ0v) is 6.86. The summed E-state index contributed by atoms with van der Waals surface area (Å²) >= 11 is 0. The van der Waals surface area contributed by atoms with Gasteiger partial charge < -0.3 is 11.5 Å². The first-order valence-corrected chi connectivity index (χ1v) is 3.37. The summed E-state index contributed by atoms with van der Waals surface area (Å²) in [6, 6.07) is 0. The summed E-state index contributed by atoms with van der Waals surface area (Å²) in [5, 5.41) is 18.4. The molecule has 0 rings (SSSR count). The summed E-state index contributed by atoms with van der Waals surface area (Å²) in [5.41, 5.74) is 10.5. The average Bonchev–Trinajstić information content (AvgIpc) is 2.05. The molecule has 0 fully saturated rings. The molecular formula is C6H9N7. The van der Waals surface area contributed by atoms with Crippen molar-refractivity contribution in [3.8, 4) is 12.4 Å². The van der Waals surface area contributed by atoms with Gasteiger partial charge in [0.15, 0.2) is 6.19 Å². The van der Waals surface area contributed by atoms with Crippen LogP contribution in [0.1, 0.15) is 6.42 Å². The lowest BCUT2D eigenvalue weighted by molar-refractivity contribution is 1.01. The van der Waals surface area contributed by atoms with E-state index in [1.165, 1.54) is 0 Å². The summed E-state index contributed by atoms with van der Waals surface area (Å²) in [6.07, 6.45) is 3.49. The number of hydrogen-bond acceptors (Lipinski definition) is 4. The largest absolute Gasteiger partial charge is 0.386 e. The molecule has 68 valence electrons. The lowest BCUT2D eigenvalue weighted by Gasteiger charge is -1.96. The Labute approximate surface area is 75.4 Å². The summed E-state index contributed by atoms with van der Waals surface area (Å²) < 4.78 is 0. The maximum atomic E-state index is 8.12. The molecule has 0 spiro atoms. The highest BCUT2D eigenvalue weighted by Gasteiger charge is 1.92. The van der Waals surface area contributed by atoms with E-state index in [0.29, 0.717) is 6.42 Å². The quantitative estimate of drug-likeness (QED) is 0.212. The van der Waals surface area contributed by atoms with Crippen molar-refractivity contribution < 1.29 is 0 Å². The molecular weight excluding hydrogens is 170 g/mol. The monoisotopic (exact) mass is 179 g/mol. The van der Waals surface area contributed by atoms with E-state index in [0.717, 1.165) is 0 Å². The van der Waals surface area contributed by atoms with E-state index < -0.39 is 0 Å². The number of hydrogen-bond donors (Lipinski definition) is 3. The van der Waals surface area contributed by atoms with E-state index >= 15 is 0 Å². The van der Waals surface area contributed by atoms with Crippen LogP contribution >= 0.6 is 0 Å². The number of amidine groups is 1. The maximum absolute atomic E-state index is 8.12. The molecule has 0 aromatic carbocycles. The summed E-state index contributed by atoms with van der Waals surface area (Å²) in [6.45, 7) is 0.289. The minimum Gasteiger partial charge on any atom is -0.386 e. The Morgan fingerprint density at radius 1 is 1.38 bits per heavy atom. The maximum Gasteiger partial charge on any atom is 0.207 e. The molecule has 0 aliphatic carbocycles. The third kappa shape index (κ3) is 6.13. The number of rotatable bonds is 3. The number of guanidine groups is 1. The molecule has 0 saturated heterocycles. The fourth-order valence-corrected chi connectivity index (χ4v) is 0.508. The first-order valence-electron chi connectivity index (χ1n) is 3.37. The smallest absolute Gasteiger partial charge is 0.207 e. The highest BCUT2D eigenvalue weighted by Crippen LogP contribution is 1.81. The van der Waals surface area contributed by atoms with Crippen LogP contribution in [0.5, 0.6) is 0 Å². The van der Waals surface area contributed by atoms with Crippen molar-refractivity contribution in [1.29, 1.82) is 10.5 Å². The Balaban J connectivity index is 3.81. The summed E-state index contributed by atoms with van der Waals surface area (Å²) in [7, 11) is 0. The Kier molecular flexibility index (Phi) is 5.30. The van der Waals surface area contributed by atoms with E-state index in [-0.39, 0.29) is 18.3 Å². The average molecular weight is 179 g/mol. The highest BCUT2D eigenvalue weighted by atomic mass is 15.1. The predicted molar refractivity (Wildman–Crippen MR) is 47.1 cm³/mol. The van der Waals surface area contributed by atoms with Crippen molar-refractivity contribution in [2.24, 2.45) is 21.5 Å². The van der Waals surface area contributed by atoms with Crippen LogP contribution in [0.3, 0.4) is 0 Å². The summed E-state index contributed by atoms with van der Waals surface area (Å²) in [5.74, 6) is 0.211. The van der Waals surface area contributed by atoms with Crippen molar-refractivity contribution in [3.05, 3.63) is 0 Å². The standard InChI is InChI=1S/C6H9N7/c7-3-12-5(9)1-2-11-6(10)13-4-8/h1-2H2,(H2,9,12)(H3,10,11,13). The van der Waals surface area contributed by atoms with E-state index in [4.69, 9.17) is 22.0 Å². The second-order valence-corrected chi connectivity index (χ2v) is 1.96. The number of nitriles is 2. The van der Waals surface area contributed by atoms with Crippen molar-refractivity contribution in [3.63, 3.8) is 0 Å². The normalized spacial score (nSPS) is 11.5. The van der Waals surface area contributed by atoms with Crippen molar-refractivity contribution in [2.45, 2.75) is 6.42 Å². The van der Waals surface area contributed by atoms with Crippen molar-refractivity contribution >= 4 is 11.8 Å². The third-order valence-electron chi connectivity index (χ3n) is 1.03. The van der Waals surface area contributed by atoms with Gasteiger partial charge in [-0.05, 0) is 0 Å². The fourth-order valence-electron chi connectivity index (χ4n) is 0.508. The van der Waals surface area contributed by atoms with Crippen molar-refractivity contribution in [1.82, 2.24) is 5.32 Å². The van der Waals surface area contributed by atoms with Crippen LogP contribution in [0.15, 0.2) is 9.98 Å². The number of nitrogens with one attached hydrogen (secondary N) is 1. The molecule has 0 radical (unpaired) electrons. The minimum atomic E-state index is 0.0206. The molecule has 0 unspecified atom stereocenters. The lowest BCUT2D eigenvalue weighted by atomic mass is 10.4. The highest BCUT2D eigenvalue weighted by molar-refractivity contribution is 5.82. The van der Waals surface area contributed by atoms with Crippen LogP contribution in [0, 0.1) is 22.9 Å². The van der Waals surface area contributed by atoms with Gasteiger partial charge in [-0.2, -0.15) is 15.5 Å². The Morgan fingerprint density at radius 2 is 2.08 bits per heavy atom. The molecule has 0 aromatic rings. The van der Waals surface area contributed by atoms with Gasteiger partial charge in [0.05, 0.1) is 0 Å². The van der Waals surface area contributed by atoms with Gasteiger partial charge >= 0.3 is 0 Å². The second-order valence-electron chi connectivity index (χ2n) is 1.96. The van der Waals surface area contributed by atoms with Gasteiger partial charge in [0.2, 0.25) is 12.2 Å². The molecule has 13 heavy (non-hydrogen) atoms. The molecule has 0 aliphatic heterocycles. The number of aliphatic imine (C=N–C) groups is 2. The van der Waals surface area contributed by atoms with Gasteiger partial charge in [-0.1, -0.05) is 0 Å². The van der Waals surface area contributed by atoms with E-state index in [1.54, 1.807) is 12.4 Å². The van der Waals surface area contributed by atoms with Gasteiger partial charge in [-0.15, -0.1) is 0 Å². The van der Waals surface area contributed by atoms with Gasteiger partial charge in [-0.25, -0.2) is 0 Å². The zero-order valence-electron chi connectivity index (χ0n) is 6.86. The van der Waals surface area contributed by atoms with Gasteiger partial charge in [-0.3, -0.25) is 10.3 Å². The van der Waals surface area contributed by atoms with Crippen LogP contribution in [0.25, 0.3) is 0 Å². The molecule has 0 saturated carbocycles. The Hall–Kier alpha value is -2.28. The van der Waals surface area contributed by atoms with E-state index in [2.05, 4.69) is 15.3 Å². The Morgan fingerprint density at radius 3 is 2.62 bits per heavy atom. The van der Waals surface area contributed by atoms with Gasteiger partial charge in [0, 0.05) is 13.0 Å². The van der Waals surface area contributed by atoms with Crippen LogP contribution in [0.2, 0.25) is 0 Å². The minimum absolute atomic E-state index is 0.0206. The van der Waals surface area contributed by atoms with Crippen LogP contribution < -0.4 is 16.8 Å². The number of nitrogens with zero attached hydrogens (tertiary/aromatic N) is 4. The van der Waals surface area contributed by atoms with Crippen LogP contribution in [-0.4, -0.2) is 18.3 Å². The molecule has 5 N–H and O–H groups in total. The number of nitrogens with two attached hydrogens (primary N) is 2. The zero-order chi connectivity index (χ0) is 10.1. The fraction of sp³-hybridized carbons (Fsp3) is 0.333. The topological polar surface area (TPSA) is 136 Å². The molecule has 0 atom stereocenters. The second kappa shape index (κ2) is 6.43. The molecule has 7 heteroatoms. The molecule has 0 aromatic heterocycles. The first kappa shape index (κ1) is 10.7. The van der Waals surface area contributed by atoms with E-state index in [9.17, 15) is 0 Å². The predicted octanol–water partition coefficient (Wildman–Crippen LogP) is -1.40. The molecule has 0 amide bonds. The van der Waals surface area contributed by atoms with Crippen LogP contribution in [0.4, 0.5) is 0 Å². The van der Waals surface area contributed by atoms with Crippen molar-refractivity contribution in [2.75, 3.05) is 6.54 Å². The van der Waals surface area contributed by atoms with Gasteiger partial charge in [0.25, 0.3) is 0 Å². The lowest BCUT2D eigenvalue weighted by Crippen LogP contribution is -2.28. The van der Waals surface area contributed by atoms with E-state index in [1.807, 2.05) is 0 Å². The molecule has 0 aliphatic rings. The third-order valence-corrected chi connectivity index (χ3v) is 1.03. The van der Waals surface area contributed by atoms with Gasteiger partial charge in [0.1, 0.15) is 5.84 Å². The molecule has 0 heterocycles.